The summed E-state index contributed by atoms with van der Waals surface area (Å²) in [5, 5.41) is 3.23. The Bertz CT molecular complexity index is 1010. The van der Waals surface area contributed by atoms with Crippen molar-refractivity contribution in [2.75, 3.05) is 27.4 Å². The molecule has 2 atom stereocenters. The van der Waals surface area contributed by atoms with E-state index in [0.29, 0.717) is 30.2 Å². The van der Waals surface area contributed by atoms with E-state index in [0.717, 1.165) is 49.7 Å². The second-order valence-corrected chi connectivity index (χ2v) is 9.47. The second-order valence-electron chi connectivity index (χ2n) is 9.47. The SMILES string of the molecule is COc1ccc(C(=O)N(C[C@@H]2CCCO2)[C@@H](C(=O)NC2CCCC2)c2ccc(C)cc2)cc1OC. The van der Waals surface area contributed by atoms with Gasteiger partial charge in [0.2, 0.25) is 5.91 Å². The van der Waals surface area contributed by atoms with Crippen LogP contribution in [0.25, 0.3) is 0 Å². The number of amides is 2. The summed E-state index contributed by atoms with van der Waals surface area (Å²) >= 11 is 0. The molecular weight excluding hydrogens is 444 g/mol. The van der Waals surface area contributed by atoms with Crippen molar-refractivity contribution in [1.82, 2.24) is 10.2 Å². The lowest BCUT2D eigenvalue weighted by Crippen LogP contribution is -2.48. The molecule has 1 saturated heterocycles. The van der Waals surface area contributed by atoms with Crippen LogP contribution in [0.2, 0.25) is 0 Å². The lowest BCUT2D eigenvalue weighted by molar-refractivity contribution is -0.127. The number of hydrogen-bond acceptors (Lipinski definition) is 5. The largest absolute Gasteiger partial charge is 0.493 e. The average molecular weight is 481 g/mol. The van der Waals surface area contributed by atoms with Gasteiger partial charge in [-0.3, -0.25) is 9.59 Å². The van der Waals surface area contributed by atoms with Crippen molar-refractivity contribution in [3.05, 3.63) is 59.2 Å². The van der Waals surface area contributed by atoms with E-state index in [9.17, 15) is 9.59 Å². The Morgan fingerprint density at radius 3 is 2.34 bits per heavy atom. The summed E-state index contributed by atoms with van der Waals surface area (Å²) in [6, 6.07) is 12.3. The van der Waals surface area contributed by atoms with Crippen molar-refractivity contribution in [1.29, 1.82) is 0 Å². The number of nitrogens with one attached hydrogen (secondary N) is 1. The molecule has 35 heavy (non-hydrogen) atoms. The van der Waals surface area contributed by atoms with Crippen LogP contribution in [-0.2, 0) is 9.53 Å². The third-order valence-electron chi connectivity index (χ3n) is 6.97. The van der Waals surface area contributed by atoms with Crippen molar-refractivity contribution in [3.63, 3.8) is 0 Å². The zero-order valence-corrected chi connectivity index (χ0v) is 20.9. The van der Waals surface area contributed by atoms with Gasteiger partial charge in [0, 0.05) is 24.8 Å². The van der Waals surface area contributed by atoms with Crippen LogP contribution < -0.4 is 14.8 Å². The van der Waals surface area contributed by atoms with Crippen LogP contribution >= 0.6 is 0 Å². The van der Waals surface area contributed by atoms with Gasteiger partial charge in [-0.05, 0) is 56.4 Å². The van der Waals surface area contributed by atoms with E-state index in [1.165, 1.54) is 0 Å². The van der Waals surface area contributed by atoms with Gasteiger partial charge >= 0.3 is 0 Å². The Hall–Kier alpha value is -3.06. The monoisotopic (exact) mass is 480 g/mol. The first-order valence-electron chi connectivity index (χ1n) is 12.5. The summed E-state index contributed by atoms with van der Waals surface area (Å²) in [6.45, 7) is 3.02. The van der Waals surface area contributed by atoms with Gasteiger partial charge in [0.1, 0.15) is 6.04 Å². The summed E-state index contributed by atoms with van der Waals surface area (Å²) in [5.41, 5.74) is 2.32. The normalized spacial score (nSPS) is 18.8. The number of carbonyl (C=O) groups is 2. The Labute approximate surface area is 207 Å². The topological polar surface area (TPSA) is 77.1 Å². The summed E-state index contributed by atoms with van der Waals surface area (Å²) in [6.07, 6.45) is 5.89. The fourth-order valence-electron chi connectivity index (χ4n) is 5.02. The molecule has 2 amide bonds. The molecule has 1 aliphatic heterocycles. The number of hydrogen-bond donors (Lipinski definition) is 1. The molecule has 2 fully saturated rings. The molecule has 4 rings (SSSR count). The van der Waals surface area contributed by atoms with E-state index in [-0.39, 0.29) is 24.0 Å². The third kappa shape index (κ3) is 5.96. The van der Waals surface area contributed by atoms with Gasteiger partial charge in [-0.1, -0.05) is 42.7 Å². The van der Waals surface area contributed by atoms with E-state index in [2.05, 4.69) is 5.32 Å². The highest BCUT2D eigenvalue weighted by Gasteiger charge is 2.36. The van der Waals surface area contributed by atoms with Crippen molar-refractivity contribution < 1.29 is 23.8 Å². The predicted octanol–water partition coefficient (Wildman–Crippen LogP) is 4.43. The molecule has 1 saturated carbocycles. The lowest BCUT2D eigenvalue weighted by Gasteiger charge is -2.34. The van der Waals surface area contributed by atoms with E-state index in [1.807, 2.05) is 31.2 Å². The Morgan fingerprint density at radius 1 is 1.00 bits per heavy atom. The summed E-state index contributed by atoms with van der Waals surface area (Å²) in [7, 11) is 3.10. The molecule has 1 N–H and O–H groups in total. The maximum atomic E-state index is 14.0. The lowest BCUT2D eigenvalue weighted by atomic mass is 10.00. The van der Waals surface area contributed by atoms with Crippen LogP contribution in [0.3, 0.4) is 0 Å². The first kappa shape index (κ1) is 25.0. The fraction of sp³-hybridized carbons (Fsp3) is 0.500. The molecule has 2 aromatic rings. The Kier molecular flexibility index (Phi) is 8.29. The van der Waals surface area contributed by atoms with E-state index in [4.69, 9.17) is 14.2 Å². The quantitative estimate of drug-likeness (QED) is 0.574. The highest BCUT2D eigenvalue weighted by Crippen LogP contribution is 2.31. The first-order valence-corrected chi connectivity index (χ1v) is 12.5. The first-order chi connectivity index (χ1) is 17.0. The number of methoxy groups -OCH3 is 2. The number of benzene rings is 2. The molecule has 2 aromatic carbocycles. The fourth-order valence-corrected chi connectivity index (χ4v) is 5.02. The molecule has 188 valence electrons. The van der Waals surface area contributed by atoms with Gasteiger partial charge < -0.3 is 24.4 Å². The molecule has 0 unspecified atom stereocenters. The van der Waals surface area contributed by atoms with E-state index in [1.54, 1.807) is 37.3 Å². The van der Waals surface area contributed by atoms with Crippen LogP contribution in [0.4, 0.5) is 0 Å². The minimum atomic E-state index is -0.763. The number of nitrogens with zero attached hydrogens (tertiary/aromatic N) is 1. The molecule has 2 aliphatic rings. The molecular formula is C28H36N2O5. The standard InChI is InChI=1S/C28H36N2O5/c1-19-10-12-20(13-11-19)26(27(31)29-22-7-4-5-8-22)30(18-23-9-6-16-35-23)28(32)21-14-15-24(33-2)25(17-21)34-3/h10-15,17,22-23,26H,4-9,16,18H2,1-3H3,(H,29,31)/t23-,26+/m0/s1. The van der Waals surface area contributed by atoms with Crippen molar-refractivity contribution in [2.45, 2.75) is 63.6 Å². The molecule has 0 aromatic heterocycles. The van der Waals surface area contributed by atoms with Crippen LogP contribution in [0.5, 0.6) is 11.5 Å². The Morgan fingerprint density at radius 2 is 1.71 bits per heavy atom. The van der Waals surface area contributed by atoms with Crippen LogP contribution in [0.15, 0.2) is 42.5 Å². The number of ether oxygens (including phenoxy) is 3. The van der Waals surface area contributed by atoms with E-state index < -0.39 is 6.04 Å². The maximum Gasteiger partial charge on any atom is 0.255 e. The van der Waals surface area contributed by atoms with Crippen LogP contribution in [0, 0.1) is 6.92 Å². The molecule has 0 spiro atoms. The van der Waals surface area contributed by atoms with Gasteiger partial charge in [-0.2, -0.15) is 0 Å². The summed E-state index contributed by atoms with van der Waals surface area (Å²) in [5.74, 6) is 0.627. The minimum Gasteiger partial charge on any atom is -0.493 e. The van der Waals surface area contributed by atoms with Crippen LogP contribution in [-0.4, -0.2) is 56.2 Å². The zero-order chi connectivity index (χ0) is 24.8. The van der Waals surface area contributed by atoms with Gasteiger partial charge in [-0.15, -0.1) is 0 Å². The highest BCUT2D eigenvalue weighted by atomic mass is 16.5. The molecule has 7 heteroatoms. The van der Waals surface area contributed by atoms with E-state index >= 15 is 0 Å². The Balaban J connectivity index is 1.72. The third-order valence-corrected chi connectivity index (χ3v) is 6.97. The smallest absolute Gasteiger partial charge is 0.255 e. The molecule has 0 bridgehead atoms. The van der Waals surface area contributed by atoms with Crippen LogP contribution in [0.1, 0.15) is 66.1 Å². The summed E-state index contributed by atoms with van der Waals surface area (Å²) in [4.78, 5) is 29.5. The van der Waals surface area contributed by atoms with Gasteiger partial charge in [-0.25, -0.2) is 0 Å². The molecule has 0 radical (unpaired) electrons. The molecule has 1 heterocycles. The molecule has 1 aliphatic carbocycles. The van der Waals surface area contributed by atoms with Gasteiger partial charge in [0.15, 0.2) is 11.5 Å². The van der Waals surface area contributed by atoms with Gasteiger partial charge in [0.05, 0.1) is 20.3 Å². The number of aryl methyl sites for hydroxylation is 1. The predicted molar refractivity (Wildman–Crippen MR) is 134 cm³/mol. The highest BCUT2D eigenvalue weighted by molar-refractivity contribution is 5.98. The van der Waals surface area contributed by atoms with Gasteiger partial charge in [0.25, 0.3) is 5.91 Å². The number of carbonyl (C=O) groups excluding carboxylic acids is 2. The van der Waals surface area contributed by atoms with Crippen molar-refractivity contribution in [3.8, 4) is 11.5 Å². The summed E-state index contributed by atoms with van der Waals surface area (Å²) < 4.78 is 16.7. The second kappa shape index (κ2) is 11.6. The zero-order valence-electron chi connectivity index (χ0n) is 20.9. The van der Waals surface area contributed by atoms with Crippen molar-refractivity contribution >= 4 is 11.8 Å². The van der Waals surface area contributed by atoms with Crippen molar-refractivity contribution in [2.24, 2.45) is 0 Å². The molecule has 7 nitrogen and oxygen atoms in total. The average Bonchev–Trinajstić information content (AvgIpc) is 3.58. The maximum absolute atomic E-state index is 14.0. The minimum absolute atomic E-state index is 0.105. The number of rotatable bonds is 9.